The van der Waals surface area contributed by atoms with Crippen molar-refractivity contribution in [2.75, 3.05) is 13.1 Å². The molecule has 20 heavy (non-hydrogen) atoms. The van der Waals surface area contributed by atoms with E-state index < -0.39 is 0 Å². The highest BCUT2D eigenvalue weighted by Gasteiger charge is 2.18. The highest BCUT2D eigenvalue weighted by molar-refractivity contribution is 6.29. The van der Waals surface area contributed by atoms with Gasteiger partial charge in [-0.2, -0.15) is 0 Å². The molecule has 0 bridgehead atoms. The molecule has 4 heteroatoms. The van der Waals surface area contributed by atoms with Gasteiger partial charge in [0, 0.05) is 24.3 Å². The fourth-order valence-corrected chi connectivity index (χ4v) is 2.92. The molecule has 0 saturated carbocycles. The van der Waals surface area contributed by atoms with Crippen LogP contribution >= 0.6 is 11.6 Å². The maximum atomic E-state index is 12.6. The van der Waals surface area contributed by atoms with Crippen molar-refractivity contribution in [3.05, 3.63) is 28.5 Å². The lowest BCUT2D eigenvalue weighted by molar-refractivity contribution is 0.0742. The van der Waals surface area contributed by atoms with Crippen LogP contribution in [0.15, 0.2) is 12.1 Å². The van der Waals surface area contributed by atoms with Crippen LogP contribution < -0.4 is 0 Å². The second kappa shape index (κ2) is 7.63. The first-order chi connectivity index (χ1) is 9.70. The summed E-state index contributed by atoms with van der Waals surface area (Å²) in [6.45, 7) is 3.83. The number of amides is 1. The SMILES string of the molecule is CCCc1cc(C(=O)N2CCCCCCC2)cc(Cl)n1. The number of aryl methyl sites for hydroxylation is 1. The number of rotatable bonds is 3. The third-order valence-electron chi connectivity index (χ3n) is 3.74. The number of carbonyl (C=O) groups is 1. The van der Waals surface area contributed by atoms with Crippen molar-refractivity contribution in [1.82, 2.24) is 9.88 Å². The first-order valence-electron chi connectivity index (χ1n) is 7.66. The smallest absolute Gasteiger partial charge is 0.254 e. The molecule has 110 valence electrons. The first-order valence-corrected chi connectivity index (χ1v) is 8.04. The van der Waals surface area contributed by atoms with Crippen LogP contribution in [0.4, 0.5) is 0 Å². The number of hydrogen-bond donors (Lipinski definition) is 0. The zero-order valence-corrected chi connectivity index (χ0v) is 13.0. The lowest BCUT2D eigenvalue weighted by Gasteiger charge is -2.25. The molecular weight excluding hydrogens is 272 g/mol. The van der Waals surface area contributed by atoms with E-state index in [0.717, 1.165) is 44.5 Å². The Morgan fingerprint density at radius 3 is 2.50 bits per heavy atom. The fraction of sp³-hybridized carbons (Fsp3) is 0.625. The van der Waals surface area contributed by atoms with Gasteiger partial charge in [0.15, 0.2) is 0 Å². The van der Waals surface area contributed by atoms with Crippen molar-refractivity contribution in [3.63, 3.8) is 0 Å². The second-order valence-electron chi connectivity index (χ2n) is 5.48. The van der Waals surface area contributed by atoms with Gasteiger partial charge in [0.25, 0.3) is 5.91 Å². The van der Waals surface area contributed by atoms with Crippen LogP contribution in [0.2, 0.25) is 5.15 Å². The van der Waals surface area contributed by atoms with Gasteiger partial charge in [-0.1, -0.05) is 44.2 Å². The van der Waals surface area contributed by atoms with Gasteiger partial charge in [0.2, 0.25) is 0 Å². The minimum Gasteiger partial charge on any atom is -0.339 e. The molecular formula is C16H23ClN2O. The minimum atomic E-state index is 0.105. The van der Waals surface area contributed by atoms with Gasteiger partial charge in [0.1, 0.15) is 5.15 Å². The molecule has 0 N–H and O–H groups in total. The molecule has 0 aromatic carbocycles. The molecule has 2 rings (SSSR count). The number of hydrogen-bond acceptors (Lipinski definition) is 2. The Hall–Kier alpha value is -1.09. The van der Waals surface area contributed by atoms with E-state index >= 15 is 0 Å². The third kappa shape index (κ3) is 4.20. The van der Waals surface area contributed by atoms with E-state index in [1.54, 1.807) is 6.07 Å². The summed E-state index contributed by atoms with van der Waals surface area (Å²) in [4.78, 5) is 18.9. The van der Waals surface area contributed by atoms with Gasteiger partial charge in [-0.25, -0.2) is 4.98 Å². The van der Waals surface area contributed by atoms with Crippen molar-refractivity contribution >= 4 is 17.5 Å². The Kier molecular flexibility index (Phi) is 5.84. The van der Waals surface area contributed by atoms with Gasteiger partial charge in [-0.15, -0.1) is 0 Å². The number of aromatic nitrogens is 1. The number of halogens is 1. The Balaban J connectivity index is 2.14. The van der Waals surface area contributed by atoms with Gasteiger partial charge in [-0.3, -0.25) is 4.79 Å². The molecule has 2 heterocycles. The molecule has 0 unspecified atom stereocenters. The van der Waals surface area contributed by atoms with Gasteiger partial charge >= 0.3 is 0 Å². The van der Waals surface area contributed by atoms with Crippen LogP contribution in [0.1, 0.15) is 61.5 Å². The molecule has 1 aliphatic rings. The summed E-state index contributed by atoms with van der Waals surface area (Å²) in [5, 5.41) is 0.423. The van der Waals surface area contributed by atoms with E-state index in [0.29, 0.717) is 10.7 Å². The topological polar surface area (TPSA) is 33.2 Å². The van der Waals surface area contributed by atoms with Gasteiger partial charge in [0.05, 0.1) is 0 Å². The second-order valence-corrected chi connectivity index (χ2v) is 5.87. The Bertz CT molecular complexity index is 454. The van der Waals surface area contributed by atoms with E-state index in [2.05, 4.69) is 11.9 Å². The summed E-state index contributed by atoms with van der Waals surface area (Å²) in [6, 6.07) is 3.60. The van der Waals surface area contributed by atoms with Crippen LogP contribution in [-0.4, -0.2) is 28.9 Å². The molecule has 0 spiro atoms. The van der Waals surface area contributed by atoms with Crippen LogP contribution in [0.5, 0.6) is 0 Å². The van der Waals surface area contributed by atoms with Gasteiger partial charge in [-0.05, 0) is 31.4 Å². The van der Waals surface area contributed by atoms with Crippen LogP contribution in [-0.2, 0) is 6.42 Å². The summed E-state index contributed by atoms with van der Waals surface area (Å²) in [5.41, 5.74) is 1.60. The van der Waals surface area contributed by atoms with Crippen LogP contribution in [0, 0.1) is 0 Å². The van der Waals surface area contributed by atoms with E-state index in [1.807, 2.05) is 11.0 Å². The summed E-state index contributed by atoms with van der Waals surface area (Å²) in [5.74, 6) is 0.105. The van der Waals surface area contributed by atoms with E-state index in [-0.39, 0.29) is 5.91 Å². The molecule has 0 aliphatic carbocycles. The zero-order chi connectivity index (χ0) is 14.4. The Morgan fingerprint density at radius 1 is 1.20 bits per heavy atom. The first kappa shape index (κ1) is 15.3. The number of nitrogens with zero attached hydrogens (tertiary/aromatic N) is 2. The predicted octanol–water partition coefficient (Wildman–Crippen LogP) is 4.09. The average molecular weight is 295 g/mol. The molecule has 1 saturated heterocycles. The van der Waals surface area contributed by atoms with E-state index in [1.165, 1.54) is 19.3 Å². The van der Waals surface area contributed by atoms with Crippen molar-refractivity contribution < 1.29 is 4.79 Å². The molecule has 1 fully saturated rings. The summed E-state index contributed by atoms with van der Waals surface area (Å²) >= 11 is 6.05. The maximum Gasteiger partial charge on any atom is 0.254 e. The number of pyridine rings is 1. The Morgan fingerprint density at radius 2 is 1.85 bits per heavy atom. The van der Waals surface area contributed by atoms with Gasteiger partial charge < -0.3 is 4.90 Å². The average Bonchev–Trinajstić information content (AvgIpc) is 2.37. The van der Waals surface area contributed by atoms with Crippen molar-refractivity contribution in [1.29, 1.82) is 0 Å². The standard InChI is InChI=1S/C16H23ClN2O/c1-2-8-14-11-13(12-15(17)18-14)16(20)19-9-6-4-3-5-7-10-19/h11-12H,2-10H2,1H3. The molecule has 3 nitrogen and oxygen atoms in total. The monoisotopic (exact) mass is 294 g/mol. The summed E-state index contributed by atoms with van der Waals surface area (Å²) in [6.07, 6.45) is 7.82. The van der Waals surface area contributed by atoms with Crippen molar-refractivity contribution in [2.24, 2.45) is 0 Å². The zero-order valence-electron chi connectivity index (χ0n) is 12.2. The lowest BCUT2D eigenvalue weighted by atomic mass is 10.1. The third-order valence-corrected chi connectivity index (χ3v) is 3.94. The highest BCUT2D eigenvalue weighted by atomic mass is 35.5. The van der Waals surface area contributed by atoms with Crippen LogP contribution in [0.25, 0.3) is 0 Å². The molecule has 0 radical (unpaired) electrons. The van der Waals surface area contributed by atoms with E-state index in [4.69, 9.17) is 11.6 Å². The minimum absolute atomic E-state index is 0.105. The largest absolute Gasteiger partial charge is 0.339 e. The molecule has 1 aromatic rings. The quantitative estimate of drug-likeness (QED) is 0.787. The Labute approximate surface area is 126 Å². The molecule has 0 atom stereocenters. The van der Waals surface area contributed by atoms with Crippen molar-refractivity contribution in [3.8, 4) is 0 Å². The molecule has 1 amide bonds. The molecule has 1 aliphatic heterocycles. The predicted molar refractivity (Wildman–Crippen MR) is 82.2 cm³/mol. The maximum absolute atomic E-state index is 12.6. The summed E-state index contributed by atoms with van der Waals surface area (Å²) < 4.78 is 0. The highest BCUT2D eigenvalue weighted by Crippen LogP contribution is 2.17. The van der Waals surface area contributed by atoms with Crippen LogP contribution in [0.3, 0.4) is 0 Å². The molecule has 1 aromatic heterocycles. The van der Waals surface area contributed by atoms with E-state index in [9.17, 15) is 4.79 Å². The number of carbonyl (C=O) groups excluding carboxylic acids is 1. The van der Waals surface area contributed by atoms with Crippen molar-refractivity contribution in [2.45, 2.75) is 51.9 Å². The lowest BCUT2D eigenvalue weighted by Crippen LogP contribution is -2.33. The fourth-order valence-electron chi connectivity index (χ4n) is 2.69. The normalized spacial score (nSPS) is 16.6. The summed E-state index contributed by atoms with van der Waals surface area (Å²) in [7, 11) is 0. The number of likely N-dealkylation sites (tertiary alicyclic amines) is 1.